The molecule has 4 rings (SSSR count). The highest BCUT2D eigenvalue weighted by Crippen LogP contribution is 2.46. The maximum absolute atomic E-state index is 12.2. The Bertz CT molecular complexity index is 1190. The van der Waals surface area contributed by atoms with Gasteiger partial charge in [0.2, 0.25) is 5.75 Å². The first-order chi connectivity index (χ1) is 18.0. The molecule has 37 heavy (non-hydrogen) atoms. The van der Waals surface area contributed by atoms with Gasteiger partial charge in [-0.15, -0.1) is 0 Å². The van der Waals surface area contributed by atoms with Gasteiger partial charge in [0.05, 0.1) is 34.5 Å². The standard InChI is InChI=1S/C29H33NO7/c1-33-21-12-13-24(34-2)22(17-21)27(30-14-8-11-23(30)29(31)32)20-15-25(35-3)28(26(16-20)36-4)37-18-19-9-6-5-7-10-19/h5-7,9-10,12-13,15-17,23,27H,8,11,14,18H2,1-4H3,(H,31,32). The van der Waals surface area contributed by atoms with Crippen LogP contribution in [0.4, 0.5) is 0 Å². The topological polar surface area (TPSA) is 86.7 Å². The molecule has 3 aromatic rings. The molecule has 196 valence electrons. The fraction of sp³-hybridized carbons (Fsp3) is 0.345. The zero-order valence-electron chi connectivity index (χ0n) is 21.6. The average molecular weight is 508 g/mol. The molecular formula is C29H33NO7. The van der Waals surface area contributed by atoms with E-state index in [9.17, 15) is 9.90 Å². The van der Waals surface area contributed by atoms with Crippen LogP contribution in [0.15, 0.2) is 60.7 Å². The molecule has 1 fully saturated rings. The molecule has 1 heterocycles. The van der Waals surface area contributed by atoms with Crippen LogP contribution < -0.4 is 23.7 Å². The lowest BCUT2D eigenvalue weighted by atomic mass is 9.94. The minimum absolute atomic E-state index is 0.341. The van der Waals surface area contributed by atoms with E-state index in [1.54, 1.807) is 28.4 Å². The third-order valence-electron chi connectivity index (χ3n) is 6.67. The van der Waals surface area contributed by atoms with Crippen LogP contribution >= 0.6 is 0 Å². The average Bonchev–Trinajstić information content (AvgIpc) is 3.42. The summed E-state index contributed by atoms with van der Waals surface area (Å²) in [5, 5.41) is 10.0. The molecule has 0 amide bonds. The van der Waals surface area contributed by atoms with Crippen LogP contribution in [0.5, 0.6) is 28.7 Å². The summed E-state index contributed by atoms with van der Waals surface area (Å²) in [6.45, 7) is 0.951. The molecule has 2 unspecified atom stereocenters. The number of likely N-dealkylation sites (tertiary alicyclic amines) is 1. The summed E-state index contributed by atoms with van der Waals surface area (Å²) in [5.41, 5.74) is 2.59. The first-order valence-electron chi connectivity index (χ1n) is 12.1. The Kier molecular flexibility index (Phi) is 8.40. The number of carboxylic acid groups (broad SMARTS) is 1. The van der Waals surface area contributed by atoms with Crippen LogP contribution in [0.3, 0.4) is 0 Å². The van der Waals surface area contributed by atoms with Gasteiger partial charge in [0.25, 0.3) is 0 Å². The number of nitrogens with zero attached hydrogens (tertiary/aromatic N) is 1. The van der Waals surface area contributed by atoms with Gasteiger partial charge in [-0.05, 0) is 54.3 Å². The van der Waals surface area contributed by atoms with Gasteiger partial charge < -0.3 is 28.8 Å². The number of methoxy groups -OCH3 is 4. The normalized spacial score (nSPS) is 16.2. The summed E-state index contributed by atoms with van der Waals surface area (Å²) in [6.07, 6.45) is 1.33. The number of benzene rings is 3. The Morgan fingerprint density at radius 3 is 2.19 bits per heavy atom. The first kappa shape index (κ1) is 26.2. The monoisotopic (exact) mass is 507 g/mol. The van der Waals surface area contributed by atoms with Crippen molar-refractivity contribution in [2.24, 2.45) is 0 Å². The number of carbonyl (C=O) groups is 1. The second kappa shape index (κ2) is 11.9. The summed E-state index contributed by atoms with van der Waals surface area (Å²) < 4.78 is 28.8. The van der Waals surface area contributed by atoms with E-state index in [-0.39, 0.29) is 0 Å². The lowest BCUT2D eigenvalue weighted by Crippen LogP contribution is -2.39. The van der Waals surface area contributed by atoms with Crippen LogP contribution in [0, 0.1) is 0 Å². The molecule has 8 nitrogen and oxygen atoms in total. The van der Waals surface area contributed by atoms with E-state index in [1.807, 2.05) is 65.6 Å². The van der Waals surface area contributed by atoms with Crippen molar-refractivity contribution in [3.63, 3.8) is 0 Å². The highest BCUT2D eigenvalue weighted by Gasteiger charge is 2.39. The molecule has 0 aliphatic carbocycles. The van der Waals surface area contributed by atoms with Crippen molar-refractivity contribution in [2.45, 2.75) is 31.5 Å². The molecule has 8 heteroatoms. The molecule has 1 N–H and O–H groups in total. The Labute approximate surface area is 217 Å². The number of rotatable bonds is 11. The van der Waals surface area contributed by atoms with Crippen LogP contribution in [-0.4, -0.2) is 57.0 Å². The molecule has 1 saturated heterocycles. The number of carboxylic acids is 1. The Hall–Kier alpha value is -3.91. The molecule has 3 aromatic carbocycles. The number of hydrogen-bond acceptors (Lipinski definition) is 7. The lowest BCUT2D eigenvalue weighted by molar-refractivity contribution is -0.142. The molecule has 1 aliphatic heterocycles. The van der Waals surface area contributed by atoms with E-state index in [2.05, 4.69) is 0 Å². The highest BCUT2D eigenvalue weighted by atomic mass is 16.5. The van der Waals surface area contributed by atoms with Gasteiger partial charge in [0, 0.05) is 12.1 Å². The smallest absolute Gasteiger partial charge is 0.320 e. The molecule has 0 aromatic heterocycles. The van der Waals surface area contributed by atoms with Crippen molar-refractivity contribution < 1.29 is 33.6 Å². The maximum atomic E-state index is 12.2. The largest absolute Gasteiger partial charge is 0.497 e. The number of ether oxygens (including phenoxy) is 5. The summed E-state index contributed by atoms with van der Waals surface area (Å²) in [4.78, 5) is 14.2. The van der Waals surface area contributed by atoms with Gasteiger partial charge in [0.15, 0.2) is 11.5 Å². The van der Waals surface area contributed by atoms with Crippen molar-refractivity contribution in [3.8, 4) is 28.7 Å². The highest BCUT2D eigenvalue weighted by molar-refractivity contribution is 5.74. The van der Waals surface area contributed by atoms with Crippen LogP contribution in [0.25, 0.3) is 0 Å². The second-order valence-corrected chi connectivity index (χ2v) is 8.77. The minimum atomic E-state index is -0.855. The minimum Gasteiger partial charge on any atom is -0.497 e. The zero-order chi connectivity index (χ0) is 26.4. The Morgan fingerprint density at radius 2 is 1.59 bits per heavy atom. The van der Waals surface area contributed by atoms with Gasteiger partial charge >= 0.3 is 5.97 Å². The van der Waals surface area contributed by atoms with E-state index >= 15 is 0 Å². The Balaban J connectivity index is 1.84. The molecule has 0 radical (unpaired) electrons. The maximum Gasteiger partial charge on any atom is 0.320 e. The SMILES string of the molecule is COc1ccc(OC)c(C(c2cc(OC)c(OCc3ccccc3)c(OC)c2)N2CCCC2C(=O)O)c1. The molecule has 0 bridgehead atoms. The first-order valence-corrected chi connectivity index (χ1v) is 12.1. The summed E-state index contributed by atoms with van der Waals surface area (Å²) in [6, 6.07) is 18.0. The number of aliphatic carboxylic acids is 1. The lowest BCUT2D eigenvalue weighted by Gasteiger charge is -2.33. The second-order valence-electron chi connectivity index (χ2n) is 8.77. The van der Waals surface area contributed by atoms with Gasteiger partial charge in [-0.3, -0.25) is 9.69 Å². The van der Waals surface area contributed by atoms with Gasteiger partial charge in [-0.2, -0.15) is 0 Å². The molecule has 0 spiro atoms. The fourth-order valence-corrected chi connectivity index (χ4v) is 4.90. The molecule has 1 aliphatic rings. The fourth-order valence-electron chi connectivity index (χ4n) is 4.90. The zero-order valence-corrected chi connectivity index (χ0v) is 21.6. The molecule has 0 saturated carbocycles. The van der Waals surface area contributed by atoms with E-state index in [1.165, 1.54) is 0 Å². The predicted molar refractivity (Wildman–Crippen MR) is 139 cm³/mol. The van der Waals surface area contributed by atoms with E-state index < -0.39 is 18.1 Å². The Morgan fingerprint density at radius 1 is 0.919 bits per heavy atom. The van der Waals surface area contributed by atoms with Crippen molar-refractivity contribution in [1.82, 2.24) is 4.90 Å². The van der Waals surface area contributed by atoms with Crippen LogP contribution in [0.1, 0.15) is 35.6 Å². The summed E-state index contributed by atoms with van der Waals surface area (Å²) in [5.74, 6) is 1.88. The van der Waals surface area contributed by atoms with Crippen molar-refractivity contribution >= 4 is 5.97 Å². The summed E-state index contributed by atoms with van der Waals surface area (Å²) in [7, 11) is 6.35. The van der Waals surface area contributed by atoms with Crippen molar-refractivity contribution in [3.05, 3.63) is 77.4 Å². The van der Waals surface area contributed by atoms with E-state index in [4.69, 9.17) is 23.7 Å². The molecular weight excluding hydrogens is 474 g/mol. The van der Waals surface area contributed by atoms with Gasteiger partial charge in [-0.1, -0.05) is 30.3 Å². The van der Waals surface area contributed by atoms with Crippen LogP contribution in [0.2, 0.25) is 0 Å². The number of hydrogen-bond donors (Lipinski definition) is 1. The third-order valence-corrected chi connectivity index (χ3v) is 6.67. The van der Waals surface area contributed by atoms with E-state index in [0.29, 0.717) is 48.3 Å². The van der Waals surface area contributed by atoms with Crippen molar-refractivity contribution in [1.29, 1.82) is 0 Å². The van der Waals surface area contributed by atoms with Gasteiger partial charge in [0.1, 0.15) is 24.1 Å². The predicted octanol–water partition coefficient (Wildman–Crippen LogP) is 4.94. The van der Waals surface area contributed by atoms with Crippen LogP contribution in [-0.2, 0) is 11.4 Å². The third kappa shape index (κ3) is 5.59. The molecule has 2 atom stereocenters. The summed E-state index contributed by atoms with van der Waals surface area (Å²) >= 11 is 0. The van der Waals surface area contributed by atoms with Crippen molar-refractivity contribution in [2.75, 3.05) is 35.0 Å². The van der Waals surface area contributed by atoms with Gasteiger partial charge in [-0.25, -0.2) is 0 Å². The van der Waals surface area contributed by atoms with E-state index in [0.717, 1.165) is 23.1 Å². The quantitative estimate of drug-likeness (QED) is 0.391.